The number of esters is 2. The maximum Gasteiger partial charge on any atom is 0.355 e. The number of nitrogens with two attached hydrogens (primary N) is 1. The normalized spacial score (nSPS) is 16.1. The predicted octanol–water partition coefficient (Wildman–Crippen LogP) is 2.60. The second-order valence-electron chi connectivity index (χ2n) is 7.07. The van der Waals surface area contributed by atoms with Gasteiger partial charge in [-0.25, -0.2) is 14.0 Å². The molecule has 9 nitrogen and oxygen atoms in total. The van der Waals surface area contributed by atoms with Crippen molar-refractivity contribution in [1.82, 2.24) is 10.2 Å². The van der Waals surface area contributed by atoms with Gasteiger partial charge < -0.3 is 15.2 Å². The number of carbonyl (C=O) groups is 2. The largest absolute Gasteiger partial charge is 0.466 e. The molecule has 0 fully saturated rings. The number of nitriles is 1. The maximum absolute atomic E-state index is 15.5. The predicted molar refractivity (Wildman–Crippen MR) is 116 cm³/mol. The van der Waals surface area contributed by atoms with Gasteiger partial charge in [0.25, 0.3) is 0 Å². The van der Waals surface area contributed by atoms with Crippen molar-refractivity contribution in [2.24, 2.45) is 5.73 Å². The lowest BCUT2D eigenvalue weighted by Gasteiger charge is -2.36. The molecule has 0 aliphatic carbocycles. The van der Waals surface area contributed by atoms with Crippen LogP contribution in [0, 0.1) is 17.1 Å². The van der Waals surface area contributed by atoms with Crippen LogP contribution in [-0.2, 0) is 19.1 Å². The Bertz CT molecular complexity index is 1370. The number of methoxy groups -OCH3 is 2. The first-order valence-corrected chi connectivity index (χ1v) is 9.71. The minimum atomic E-state index is -1.03. The van der Waals surface area contributed by atoms with Gasteiger partial charge in [0.05, 0.1) is 60.1 Å². The molecule has 0 saturated heterocycles. The number of H-pyrrole nitrogens is 1. The van der Waals surface area contributed by atoms with Crippen LogP contribution in [-0.4, -0.2) is 36.4 Å². The lowest BCUT2D eigenvalue weighted by molar-refractivity contribution is -0.139. The minimum Gasteiger partial charge on any atom is -0.466 e. The van der Waals surface area contributed by atoms with Crippen molar-refractivity contribution >= 4 is 28.5 Å². The van der Waals surface area contributed by atoms with Crippen LogP contribution in [0.1, 0.15) is 11.5 Å². The number of allylic oxidation sites excluding steroid dienone is 1. The highest BCUT2D eigenvalue weighted by Crippen LogP contribution is 2.44. The van der Waals surface area contributed by atoms with Gasteiger partial charge in [0.1, 0.15) is 11.5 Å². The number of ether oxygens (including phenoxy) is 2. The average molecular weight is 447 g/mol. The Kier molecular flexibility index (Phi) is 5.54. The molecule has 0 bridgehead atoms. The van der Waals surface area contributed by atoms with Crippen molar-refractivity contribution in [3.8, 4) is 6.07 Å². The summed E-state index contributed by atoms with van der Waals surface area (Å²) < 4.78 is 25.4. The second kappa shape index (κ2) is 8.47. The molecule has 0 spiro atoms. The number of carbonyl (C=O) groups excluding carboxylic acids is 2. The Hall–Kier alpha value is -4.65. The van der Waals surface area contributed by atoms with Crippen LogP contribution in [0.5, 0.6) is 0 Å². The molecule has 3 aromatic rings. The van der Waals surface area contributed by atoms with E-state index in [2.05, 4.69) is 10.2 Å². The average Bonchev–Trinajstić information content (AvgIpc) is 3.33. The van der Waals surface area contributed by atoms with Gasteiger partial charge in [0.15, 0.2) is 5.82 Å². The van der Waals surface area contributed by atoms with Gasteiger partial charge in [-0.05, 0) is 17.7 Å². The molecule has 33 heavy (non-hydrogen) atoms. The van der Waals surface area contributed by atoms with E-state index in [0.717, 1.165) is 19.1 Å². The van der Waals surface area contributed by atoms with E-state index in [0.29, 0.717) is 11.1 Å². The highest BCUT2D eigenvalue weighted by molar-refractivity contribution is 6.06. The first kappa shape index (κ1) is 21.6. The number of anilines is 1. The van der Waals surface area contributed by atoms with Gasteiger partial charge in [-0.3, -0.25) is 10.00 Å². The third-order valence-corrected chi connectivity index (χ3v) is 5.39. The number of nitrogens with one attached hydrogen (secondary N) is 1. The molecule has 1 unspecified atom stereocenters. The summed E-state index contributed by atoms with van der Waals surface area (Å²) in [6, 6.07) is 13.5. The minimum absolute atomic E-state index is 0.0547. The fourth-order valence-corrected chi connectivity index (χ4v) is 3.91. The van der Waals surface area contributed by atoms with Gasteiger partial charge in [0.2, 0.25) is 0 Å². The zero-order valence-corrected chi connectivity index (χ0v) is 17.6. The highest BCUT2D eigenvalue weighted by Gasteiger charge is 2.43. The number of aromatic nitrogens is 2. The van der Waals surface area contributed by atoms with Crippen LogP contribution in [0.15, 0.2) is 71.3 Å². The number of halogens is 1. The fourth-order valence-electron chi connectivity index (χ4n) is 3.91. The van der Waals surface area contributed by atoms with E-state index in [1.807, 2.05) is 6.07 Å². The molecule has 3 N–H and O–H groups in total. The molecule has 0 amide bonds. The topological polar surface area (TPSA) is 134 Å². The zero-order chi connectivity index (χ0) is 23.7. The fraction of sp³-hybridized carbons (Fsp3) is 0.130. The highest BCUT2D eigenvalue weighted by atomic mass is 19.1. The van der Waals surface area contributed by atoms with Gasteiger partial charge in [-0.15, -0.1) is 0 Å². The number of fused-ring (bicyclic) bond motifs is 1. The summed E-state index contributed by atoms with van der Waals surface area (Å²) in [5.41, 5.74) is 6.53. The van der Waals surface area contributed by atoms with Crippen LogP contribution in [0.4, 0.5) is 10.1 Å². The molecular formula is C23H18FN5O4. The molecule has 4 rings (SSSR count). The molecule has 0 saturated carbocycles. The Morgan fingerprint density at radius 2 is 1.85 bits per heavy atom. The van der Waals surface area contributed by atoms with Crippen molar-refractivity contribution in [1.29, 1.82) is 5.26 Å². The van der Waals surface area contributed by atoms with E-state index in [9.17, 15) is 14.9 Å². The Labute approximate surface area is 187 Å². The van der Waals surface area contributed by atoms with E-state index in [1.165, 1.54) is 18.3 Å². The number of aromatic amines is 1. The molecule has 0 radical (unpaired) electrons. The van der Waals surface area contributed by atoms with Crippen LogP contribution in [0.3, 0.4) is 0 Å². The third kappa shape index (κ3) is 3.36. The van der Waals surface area contributed by atoms with E-state index < -0.39 is 23.7 Å². The number of benzene rings is 2. The molecule has 166 valence electrons. The molecule has 1 aliphatic rings. The van der Waals surface area contributed by atoms with Crippen LogP contribution >= 0.6 is 0 Å². The van der Waals surface area contributed by atoms with Crippen molar-refractivity contribution in [2.45, 2.75) is 5.92 Å². The lowest BCUT2D eigenvalue weighted by Crippen LogP contribution is -2.41. The van der Waals surface area contributed by atoms with Crippen molar-refractivity contribution in [2.75, 3.05) is 19.1 Å². The molecule has 1 aliphatic heterocycles. The van der Waals surface area contributed by atoms with Crippen LogP contribution < -0.4 is 10.6 Å². The van der Waals surface area contributed by atoms with Gasteiger partial charge in [-0.2, -0.15) is 10.4 Å². The van der Waals surface area contributed by atoms with Gasteiger partial charge >= 0.3 is 11.9 Å². The van der Waals surface area contributed by atoms with Crippen LogP contribution in [0.25, 0.3) is 10.9 Å². The monoisotopic (exact) mass is 447 g/mol. The summed E-state index contributed by atoms with van der Waals surface area (Å²) in [5, 5.41) is 16.6. The maximum atomic E-state index is 15.5. The molecule has 1 aromatic heterocycles. The summed E-state index contributed by atoms with van der Waals surface area (Å²) in [4.78, 5) is 27.0. The van der Waals surface area contributed by atoms with Crippen molar-refractivity contribution in [3.63, 3.8) is 0 Å². The lowest BCUT2D eigenvalue weighted by atomic mass is 9.81. The Morgan fingerprint density at radius 1 is 1.15 bits per heavy atom. The Balaban J connectivity index is 2.10. The Morgan fingerprint density at radius 3 is 2.48 bits per heavy atom. The summed E-state index contributed by atoms with van der Waals surface area (Å²) in [6.07, 6.45) is 1.28. The number of nitrogens with zero attached hydrogens (tertiary/aromatic N) is 3. The quantitative estimate of drug-likeness (QED) is 0.583. The van der Waals surface area contributed by atoms with Crippen molar-refractivity contribution in [3.05, 3.63) is 82.7 Å². The number of hydrogen-bond donors (Lipinski definition) is 2. The second-order valence-corrected chi connectivity index (χ2v) is 7.07. The van der Waals surface area contributed by atoms with E-state index in [4.69, 9.17) is 15.2 Å². The van der Waals surface area contributed by atoms with Gasteiger partial charge in [0, 0.05) is 0 Å². The molecule has 2 aromatic carbocycles. The summed E-state index contributed by atoms with van der Waals surface area (Å²) in [7, 11) is 2.26. The molecule has 1 atom stereocenters. The standard InChI is InChI=1S/C23H18FN5O4/c1-32-22(30)18-17(12-6-4-3-5-7-12)13(10-25)21(26)29(20(18)23(31)33-2)16-9-8-15-14(19(16)24)11-27-28-15/h3-9,11,17H,26H2,1-2H3,(H,27,28). The zero-order valence-electron chi connectivity index (χ0n) is 17.6. The smallest absolute Gasteiger partial charge is 0.355 e. The number of hydrogen-bond acceptors (Lipinski definition) is 8. The first-order chi connectivity index (χ1) is 15.9. The van der Waals surface area contributed by atoms with E-state index in [-0.39, 0.29) is 33.7 Å². The third-order valence-electron chi connectivity index (χ3n) is 5.39. The van der Waals surface area contributed by atoms with E-state index >= 15 is 4.39 Å². The molecule has 2 heterocycles. The molecular weight excluding hydrogens is 429 g/mol. The van der Waals surface area contributed by atoms with E-state index in [1.54, 1.807) is 30.3 Å². The van der Waals surface area contributed by atoms with Crippen molar-refractivity contribution < 1.29 is 23.5 Å². The summed E-state index contributed by atoms with van der Waals surface area (Å²) in [6.45, 7) is 0. The number of rotatable bonds is 4. The van der Waals surface area contributed by atoms with Crippen LogP contribution in [0.2, 0.25) is 0 Å². The van der Waals surface area contributed by atoms with Gasteiger partial charge in [-0.1, -0.05) is 30.3 Å². The molecule has 10 heteroatoms. The first-order valence-electron chi connectivity index (χ1n) is 9.71. The summed E-state index contributed by atoms with van der Waals surface area (Å²) in [5.74, 6) is -3.86. The SMILES string of the molecule is COC(=O)C1=C(C(=O)OC)N(c2ccc3[nH]ncc3c2F)C(N)=C(C#N)C1c1ccccc1. The summed E-state index contributed by atoms with van der Waals surface area (Å²) >= 11 is 0.